The van der Waals surface area contributed by atoms with Crippen LogP contribution in [0.1, 0.15) is 10.4 Å². The van der Waals surface area contributed by atoms with Gasteiger partial charge in [0, 0.05) is 28.0 Å². The molecular formula is C15H14ClN3O3S. The molecule has 8 heteroatoms. The molecule has 0 fully saturated rings. The van der Waals surface area contributed by atoms with Crippen LogP contribution in [0, 0.1) is 0 Å². The van der Waals surface area contributed by atoms with Crippen LogP contribution in [-0.4, -0.2) is 26.5 Å². The van der Waals surface area contributed by atoms with Crippen molar-refractivity contribution in [2.45, 2.75) is 4.90 Å². The quantitative estimate of drug-likeness (QED) is 0.646. The van der Waals surface area contributed by atoms with E-state index in [1.54, 1.807) is 24.3 Å². The van der Waals surface area contributed by atoms with Crippen LogP contribution in [0.2, 0.25) is 5.02 Å². The number of amides is 1. The topological polar surface area (TPSA) is 116 Å². The van der Waals surface area contributed by atoms with Gasteiger partial charge in [-0.2, -0.15) is 4.99 Å². The Balaban J connectivity index is 2.69. The van der Waals surface area contributed by atoms with Crippen molar-refractivity contribution in [3.63, 3.8) is 0 Å². The van der Waals surface area contributed by atoms with Crippen molar-refractivity contribution in [3.8, 4) is 11.1 Å². The van der Waals surface area contributed by atoms with E-state index in [-0.39, 0.29) is 10.5 Å². The number of hydrogen-bond acceptors (Lipinski definition) is 3. The molecule has 0 unspecified atom stereocenters. The number of halogens is 1. The molecule has 2 rings (SSSR count). The van der Waals surface area contributed by atoms with Crippen LogP contribution in [0.4, 0.5) is 0 Å². The van der Waals surface area contributed by atoms with E-state index in [4.69, 9.17) is 23.1 Å². The number of guanidine groups is 1. The third kappa shape index (κ3) is 3.88. The van der Waals surface area contributed by atoms with Gasteiger partial charge in [0.05, 0.1) is 4.90 Å². The molecule has 23 heavy (non-hydrogen) atoms. The fraction of sp³-hybridized carbons (Fsp3) is 0.0667. The van der Waals surface area contributed by atoms with Gasteiger partial charge in [-0.05, 0) is 18.2 Å². The Bertz CT molecular complexity index is 904. The van der Waals surface area contributed by atoms with Gasteiger partial charge in [0.15, 0.2) is 15.8 Å². The fourth-order valence-corrected chi connectivity index (χ4v) is 3.20. The maximum atomic E-state index is 12.1. The van der Waals surface area contributed by atoms with E-state index in [1.165, 1.54) is 18.2 Å². The minimum Gasteiger partial charge on any atom is -0.370 e. The first-order valence-corrected chi connectivity index (χ1v) is 8.70. The highest BCUT2D eigenvalue weighted by molar-refractivity contribution is 7.90. The van der Waals surface area contributed by atoms with Crippen LogP contribution in [0.3, 0.4) is 0 Å². The van der Waals surface area contributed by atoms with Crippen molar-refractivity contribution in [1.82, 2.24) is 0 Å². The molecule has 120 valence electrons. The molecule has 0 aliphatic carbocycles. The van der Waals surface area contributed by atoms with Crippen LogP contribution in [0.25, 0.3) is 11.1 Å². The summed E-state index contributed by atoms with van der Waals surface area (Å²) in [5, 5.41) is 0.403. The first kappa shape index (κ1) is 17.0. The number of benzene rings is 2. The zero-order valence-electron chi connectivity index (χ0n) is 12.2. The van der Waals surface area contributed by atoms with Crippen LogP contribution in [-0.2, 0) is 9.84 Å². The second-order valence-corrected chi connectivity index (χ2v) is 7.20. The van der Waals surface area contributed by atoms with E-state index in [2.05, 4.69) is 4.99 Å². The molecule has 0 aliphatic rings. The van der Waals surface area contributed by atoms with E-state index < -0.39 is 21.7 Å². The lowest BCUT2D eigenvalue weighted by Gasteiger charge is -2.11. The van der Waals surface area contributed by atoms with Crippen molar-refractivity contribution < 1.29 is 13.2 Å². The summed E-state index contributed by atoms with van der Waals surface area (Å²) in [7, 11) is -3.60. The molecule has 0 spiro atoms. The number of aliphatic imine (C=N–C) groups is 1. The maximum absolute atomic E-state index is 12.1. The molecule has 0 radical (unpaired) electrons. The Morgan fingerprint density at radius 2 is 1.74 bits per heavy atom. The van der Waals surface area contributed by atoms with Crippen LogP contribution >= 0.6 is 11.6 Å². The average molecular weight is 352 g/mol. The molecule has 1 amide bonds. The summed E-state index contributed by atoms with van der Waals surface area (Å²) in [6.07, 6.45) is 1.05. The van der Waals surface area contributed by atoms with Gasteiger partial charge in [0.1, 0.15) is 0 Å². The van der Waals surface area contributed by atoms with Gasteiger partial charge in [-0.25, -0.2) is 8.42 Å². The second kappa shape index (κ2) is 6.39. The molecular weight excluding hydrogens is 338 g/mol. The van der Waals surface area contributed by atoms with Crippen molar-refractivity contribution in [1.29, 1.82) is 0 Å². The van der Waals surface area contributed by atoms with Crippen LogP contribution in [0.15, 0.2) is 52.4 Å². The van der Waals surface area contributed by atoms with Gasteiger partial charge in [0.25, 0.3) is 5.91 Å². The van der Waals surface area contributed by atoms with E-state index in [1.807, 2.05) is 0 Å². The summed E-state index contributed by atoms with van der Waals surface area (Å²) >= 11 is 6.14. The molecule has 0 heterocycles. The number of hydrogen-bond donors (Lipinski definition) is 2. The summed E-state index contributed by atoms with van der Waals surface area (Å²) in [5.41, 5.74) is 11.4. The number of nitrogens with zero attached hydrogens (tertiary/aromatic N) is 1. The SMILES string of the molecule is CS(=O)(=O)c1cc(C(=O)N=C(N)N)ccc1-c1ccccc1Cl. The predicted molar refractivity (Wildman–Crippen MR) is 90.1 cm³/mol. The Kier molecular flexibility index (Phi) is 4.72. The van der Waals surface area contributed by atoms with Crippen LogP contribution < -0.4 is 11.5 Å². The second-order valence-electron chi connectivity index (χ2n) is 4.80. The molecule has 2 aromatic rings. The Morgan fingerprint density at radius 1 is 1.09 bits per heavy atom. The molecule has 0 saturated heterocycles. The minimum atomic E-state index is -3.60. The summed E-state index contributed by atoms with van der Waals surface area (Å²) in [6.45, 7) is 0. The molecule has 0 atom stereocenters. The predicted octanol–water partition coefficient (Wildman–Crippen LogP) is 1.82. The lowest BCUT2D eigenvalue weighted by Crippen LogP contribution is -2.24. The van der Waals surface area contributed by atoms with Crippen molar-refractivity contribution >= 4 is 33.3 Å². The van der Waals surface area contributed by atoms with Gasteiger partial charge in [0.2, 0.25) is 0 Å². The first-order valence-electron chi connectivity index (χ1n) is 6.43. The molecule has 6 nitrogen and oxygen atoms in total. The van der Waals surface area contributed by atoms with Gasteiger partial charge in [-0.15, -0.1) is 0 Å². The fourth-order valence-electron chi connectivity index (χ4n) is 2.05. The normalized spacial score (nSPS) is 11.0. The number of nitrogens with two attached hydrogens (primary N) is 2. The lowest BCUT2D eigenvalue weighted by atomic mass is 10.0. The first-order chi connectivity index (χ1) is 10.7. The largest absolute Gasteiger partial charge is 0.370 e. The standard InChI is InChI=1S/C15H14ClN3O3S/c1-23(21,22)13-8-9(14(20)19-15(17)18)6-7-11(13)10-4-2-3-5-12(10)16/h2-8H,1H3,(H4,17,18,19,20). The Morgan fingerprint density at radius 3 is 2.30 bits per heavy atom. The van der Waals surface area contributed by atoms with E-state index in [0.717, 1.165) is 6.26 Å². The molecule has 0 aromatic heterocycles. The molecule has 0 aliphatic heterocycles. The maximum Gasteiger partial charge on any atom is 0.280 e. The van der Waals surface area contributed by atoms with Crippen molar-refractivity contribution in [2.24, 2.45) is 16.5 Å². The summed E-state index contributed by atoms with van der Waals surface area (Å²) in [6, 6.07) is 11.0. The average Bonchev–Trinajstić information content (AvgIpc) is 2.45. The highest BCUT2D eigenvalue weighted by Gasteiger charge is 2.19. The van der Waals surface area contributed by atoms with Gasteiger partial charge >= 0.3 is 0 Å². The van der Waals surface area contributed by atoms with Gasteiger partial charge in [-0.3, -0.25) is 4.79 Å². The Hall–Kier alpha value is -2.38. The molecule has 2 aromatic carbocycles. The highest BCUT2D eigenvalue weighted by Crippen LogP contribution is 2.33. The number of carbonyl (C=O) groups is 1. The Labute approximate surface area is 138 Å². The third-order valence-electron chi connectivity index (χ3n) is 3.02. The number of carbonyl (C=O) groups excluding carboxylic acids is 1. The zero-order valence-corrected chi connectivity index (χ0v) is 13.7. The third-order valence-corrected chi connectivity index (χ3v) is 4.49. The highest BCUT2D eigenvalue weighted by atomic mass is 35.5. The number of rotatable bonds is 3. The summed E-state index contributed by atoms with van der Waals surface area (Å²) < 4.78 is 24.2. The van der Waals surface area contributed by atoms with Crippen LogP contribution in [0.5, 0.6) is 0 Å². The van der Waals surface area contributed by atoms with Gasteiger partial charge < -0.3 is 11.5 Å². The van der Waals surface area contributed by atoms with E-state index >= 15 is 0 Å². The zero-order chi connectivity index (χ0) is 17.2. The van der Waals surface area contributed by atoms with E-state index in [9.17, 15) is 13.2 Å². The monoisotopic (exact) mass is 351 g/mol. The van der Waals surface area contributed by atoms with Crippen molar-refractivity contribution in [2.75, 3.05) is 6.26 Å². The van der Waals surface area contributed by atoms with E-state index in [0.29, 0.717) is 16.1 Å². The van der Waals surface area contributed by atoms with Crippen molar-refractivity contribution in [3.05, 3.63) is 53.1 Å². The molecule has 4 N–H and O–H groups in total. The summed E-state index contributed by atoms with van der Waals surface area (Å²) in [4.78, 5) is 15.3. The lowest BCUT2D eigenvalue weighted by molar-refractivity contribution is 0.100. The van der Waals surface area contributed by atoms with Gasteiger partial charge in [-0.1, -0.05) is 35.9 Å². The summed E-state index contributed by atoms with van der Waals surface area (Å²) in [5.74, 6) is -1.12. The smallest absolute Gasteiger partial charge is 0.280 e. The minimum absolute atomic E-state index is 0.0257. The molecule has 0 bridgehead atoms. The molecule has 0 saturated carbocycles. The number of sulfone groups is 1.